The van der Waals surface area contributed by atoms with Crippen LogP contribution in [0, 0.1) is 0 Å². The minimum atomic E-state index is -0.379. The van der Waals surface area contributed by atoms with Gasteiger partial charge in [-0.1, -0.05) is 29.4 Å². The highest BCUT2D eigenvalue weighted by Gasteiger charge is 2.23. The van der Waals surface area contributed by atoms with Crippen molar-refractivity contribution in [1.29, 1.82) is 0 Å². The SMILES string of the molecule is Nc1onc(-c2cccs2)c1C(=O)Nc1cccc2cccnc12. The molecule has 3 heterocycles. The fourth-order valence-electron chi connectivity index (χ4n) is 2.49. The minimum Gasteiger partial charge on any atom is -0.367 e. The predicted molar refractivity (Wildman–Crippen MR) is 93.9 cm³/mol. The molecule has 4 rings (SSSR count). The van der Waals surface area contributed by atoms with Gasteiger partial charge in [0.1, 0.15) is 11.3 Å². The minimum absolute atomic E-state index is 0.0101. The summed E-state index contributed by atoms with van der Waals surface area (Å²) in [5.74, 6) is -0.389. The summed E-state index contributed by atoms with van der Waals surface area (Å²) in [4.78, 5) is 17.9. The van der Waals surface area contributed by atoms with Crippen LogP contribution in [0.25, 0.3) is 21.5 Å². The summed E-state index contributed by atoms with van der Waals surface area (Å²) in [6.07, 6.45) is 1.68. The summed E-state index contributed by atoms with van der Waals surface area (Å²) < 4.78 is 5.02. The Morgan fingerprint density at radius 1 is 1.17 bits per heavy atom. The Labute approximate surface area is 140 Å². The highest BCUT2D eigenvalue weighted by molar-refractivity contribution is 7.13. The normalized spacial score (nSPS) is 10.8. The summed E-state index contributed by atoms with van der Waals surface area (Å²) in [5, 5.41) is 9.61. The van der Waals surface area contributed by atoms with Crippen LogP contribution in [-0.4, -0.2) is 16.0 Å². The number of nitrogens with two attached hydrogens (primary N) is 1. The van der Waals surface area contributed by atoms with Crippen LogP contribution in [0.1, 0.15) is 10.4 Å². The number of rotatable bonds is 3. The molecule has 0 unspecified atom stereocenters. The number of carbonyl (C=O) groups excluding carboxylic acids is 1. The van der Waals surface area contributed by atoms with Gasteiger partial charge in [-0.3, -0.25) is 9.78 Å². The van der Waals surface area contributed by atoms with E-state index in [4.69, 9.17) is 10.3 Å². The van der Waals surface area contributed by atoms with E-state index >= 15 is 0 Å². The zero-order valence-electron chi connectivity index (χ0n) is 12.4. The van der Waals surface area contributed by atoms with Crippen LogP contribution in [0.15, 0.2) is 58.6 Å². The molecule has 0 spiro atoms. The Bertz CT molecular complexity index is 1020. The lowest BCUT2D eigenvalue weighted by Gasteiger charge is -2.07. The third-order valence-electron chi connectivity index (χ3n) is 3.58. The molecular formula is C17H12N4O2S. The van der Waals surface area contributed by atoms with Crippen molar-refractivity contribution in [3.05, 3.63) is 59.6 Å². The van der Waals surface area contributed by atoms with Crippen molar-refractivity contribution in [2.24, 2.45) is 0 Å². The second-order valence-electron chi connectivity index (χ2n) is 5.08. The third kappa shape index (κ3) is 2.40. The Morgan fingerprint density at radius 2 is 2.04 bits per heavy atom. The smallest absolute Gasteiger partial charge is 0.263 e. The van der Waals surface area contributed by atoms with Crippen LogP contribution in [0.2, 0.25) is 0 Å². The van der Waals surface area contributed by atoms with Crippen molar-refractivity contribution in [2.75, 3.05) is 11.1 Å². The number of fused-ring (bicyclic) bond motifs is 1. The fourth-order valence-corrected chi connectivity index (χ4v) is 3.21. The maximum atomic E-state index is 12.7. The molecule has 0 saturated carbocycles. The van der Waals surface area contributed by atoms with E-state index in [2.05, 4.69) is 15.5 Å². The molecule has 6 nitrogen and oxygen atoms in total. The van der Waals surface area contributed by atoms with Crippen molar-refractivity contribution in [1.82, 2.24) is 10.1 Å². The van der Waals surface area contributed by atoms with Crippen LogP contribution in [0.4, 0.5) is 11.6 Å². The Balaban J connectivity index is 1.74. The molecule has 7 heteroatoms. The van der Waals surface area contributed by atoms with Crippen LogP contribution in [0.3, 0.4) is 0 Å². The van der Waals surface area contributed by atoms with Gasteiger partial charge in [-0.25, -0.2) is 0 Å². The van der Waals surface area contributed by atoms with Gasteiger partial charge in [0.15, 0.2) is 0 Å². The van der Waals surface area contributed by atoms with E-state index in [1.54, 1.807) is 12.3 Å². The van der Waals surface area contributed by atoms with Gasteiger partial charge in [0.05, 0.1) is 16.1 Å². The standard InChI is InChI=1S/C17H12N4O2S/c18-16-13(15(21-23-16)12-7-3-9-24-12)17(22)20-11-6-1-4-10-5-2-8-19-14(10)11/h1-9H,18H2,(H,20,22). The Kier molecular flexibility index (Phi) is 3.47. The zero-order chi connectivity index (χ0) is 16.5. The fraction of sp³-hybridized carbons (Fsp3) is 0. The number of aromatic nitrogens is 2. The topological polar surface area (TPSA) is 94.0 Å². The first-order valence-electron chi connectivity index (χ1n) is 7.18. The van der Waals surface area contributed by atoms with E-state index in [9.17, 15) is 4.79 Å². The molecule has 0 aliphatic heterocycles. The molecule has 3 aromatic heterocycles. The number of thiophene rings is 1. The van der Waals surface area contributed by atoms with Crippen LogP contribution < -0.4 is 11.1 Å². The summed E-state index contributed by atoms with van der Waals surface area (Å²) in [6.45, 7) is 0. The monoisotopic (exact) mass is 336 g/mol. The first-order valence-corrected chi connectivity index (χ1v) is 8.06. The van der Waals surface area contributed by atoms with Gasteiger partial charge in [-0.2, -0.15) is 0 Å². The molecule has 0 saturated heterocycles. The lowest BCUT2D eigenvalue weighted by atomic mass is 10.1. The molecule has 0 aliphatic carbocycles. The van der Waals surface area contributed by atoms with Crippen molar-refractivity contribution >= 4 is 39.7 Å². The van der Waals surface area contributed by atoms with Gasteiger partial charge in [0.25, 0.3) is 5.91 Å². The molecule has 0 radical (unpaired) electrons. The van der Waals surface area contributed by atoms with E-state index in [1.807, 2.05) is 41.8 Å². The maximum Gasteiger partial charge on any atom is 0.263 e. The summed E-state index contributed by atoms with van der Waals surface area (Å²) >= 11 is 1.46. The number of nitrogen functional groups attached to an aromatic ring is 1. The molecule has 0 atom stereocenters. The molecular weight excluding hydrogens is 324 g/mol. The number of nitrogens with one attached hydrogen (secondary N) is 1. The Hall–Kier alpha value is -3.19. The Morgan fingerprint density at radius 3 is 2.88 bits per heavy atom. The van der Waals surface area contributed by atoms with Crippen LogP contribution in [-0.2, 0) is 0 Å². The van der Waals surface area contributed by atoms with Gasteiger partial charge >= 0.3 is 0 Å². The molecule has 0 aliphatic rings. The van der Waals surface area contributed by atoms with E-state index in [0.717, 1.165) is 10.3 Å². The number of para-hydroxylation sites is 1. The molecule has 3 N–H and O–H groups in total. The number of benzene rings is 1. The largest absolute Gasteiger partial charge is 0.367 e. The van der Waals surface area contributed by atoms with Crippen molar-refractivity contribution in [3.8, 4) is 10.6 Å². The quantitative estimate of drug-likeness (QED) is 0.593. The van der Waals surface area contributed by atoms with E-state index < -0.39 is 0 Å². The summed E-state index contributed by atoms with van der Waals surface area (Å²) in [6, 6.07) is 13.1. The number of anilines is 2. The number of nitrogens with zero attached hydrogens (tertiary/aromatic N) is 2. The summed E-state index contributed by atoms with van der Waals surface area (Å²) in [5.41, 5.74) is 7.80. The number of hydrogen-bond acceptors (Lipinski definition) is 6. The van der Waals surface area contributed by atoms with Crippen molar-refractivity contribution < 1.29 is 9.32 Å². The highest BCUT2D eigenvalue weighted by atomic mass is 32.1. The van der Waals surface area contributed by atoms with Gasteiger partial charge in [-0.15, -0.1) is 11.3 Å². The lowest BCUT2D eigenvalue weighted by Crippen LogP contribution is -2.14. The van der Waals surface area contributed by atoms with E-state index in [0.29, 0.717) is 16.9 Å². The highest BCUT2D eigenvalue weighted by Crippen LogP contribution is 2.31. The van der Waals surface area contributed by atoms with Crippen LogP contribution in [0.5, 0.6) is 0 Å². The van der Waals surface area contributed by atoms with Gasteiger partial charge in [-0.05, 0) is 23.6 Å². The second-order valence-corrected chi connectivity index (χ2v) is 6.03. The van der Waals surface area contributed by atoms with Crippen molar-refractivity contribution in [2.45, 2.75) is 0 Å². The molecule has 0 fully saturated rings. The van der Waals surface area contributed by atoms with E-state index in [1.165, 1.54) is 11.3 Å². The average molecular weight is 336 g/mol. The van der Waals surface area contributed by atoms with E-state index in [-0.39, 0.29) is 17.4 Å². The van der Waals surface area contributed by atoms with Crippen LogP contribution >= 0.6 is 11.3 Å². The predicted octanol–water partition coefficient (Wildman–Crippen LogP) is 3.79. The van der Waals surface area contributed by atoms with Gasteiger partial charge in [0, 0.05) is 11.6 Å². The molecule has 118 valence electrons. The zero-order valence-corrected chi connectivity index (χ0v) is 13.2. The molecule has 0 bridgehead atoms. The first-order chi connectivity index (χ1) is 11.7. The maximum absolute atomic E-state index is 12.7. The molecule has 1 amide bonds. The first kappa shape index (κ1) is 14.4. The molecule has 4 aromatic rings. The number of carbonyl (C=O) groups is 1. The molecule has 1 aromatic carbocycles. The number of hydrogen-bond donors (Lipinski definition) is 2. The van der Waals surface area contributed by atoms with Crippen molar-refractivity contribution in [3.63, 3.8) is 0 Å². The summed E-state index contributed by atoms with van der Waals surface area (Å²) in [7, 11) is 0. The number of pyridine rings is 1. The molecule has 24 heavy (non-hydrogen) atoms. The third-order valence-corrected chi connectivity index (χ3v) is 4.46. The second kappa shape index (κ2) is 5.78. The van der Waals surface area contributed by atoms with Gasteiger partial charge < -0.3 is 15.6 Å². The van der Waals surface area contributed by atoms with Gasteiger partial charge in [0.2, 0.25) is 5.88 Å². The lowest BCUT2D eigenvalue weighted by molar-refractivity contribution is 0.102. The number of amides is 1. The average Bonchev–Trinajstić information content (AvgIpc) is 3.24.